The predicted octanol–water partition coefficient (Wildman–Crippen LogP) is 6.14. The Morgan fingerprint density at radius 1 is 1.00 bits per heavy atom. The second kappa shape index (κ2) is 8.46. The zero-order valence-corrected chi connectivity index (χ0v) is 19.6. The van der Waals surface area contributed by atoms with E-state index in [9.17, 15) is 9.59 Å². The molecule has 1 atom stereocenters. The minimum atomic E-state index is -0.0580. The van der Waals surface area contributed by atoms with Gasteiger partial charge in [0.2, 0.25) is 11.8 Å². The molecule has 0 spiro atoms. The van der Waals surface area contributed by atoms with Crippen molar-refractivity contribution in [3.63, 3.8) is 0 Å². The third-order valence-corrected chi connectivity index (χ3v) is 6.26. The zero-order valence-electron chi connectivity index (χ0n) is 18.8. The molecule has 4 nitrogen and oxygen atoms in total. The number of benzene rings is 2. The Morgan fingerprint density at radius 3 is 2.13 bits per heavy atom. The van der Waals surface area contributed by atoms with Gasteiger partial charge in [-0.1, -0.05) is 65.8 Å². The van der Waals surface area contributed by atoms with Crippen molar-refractivity contribution in [1.29, 1.82) is 0 Å². The van der Waals surface area contributed by atoms with E-state index in [1.165, 1.54) is 5.56 Å². The smallest absolute Gasteiger partial charge is 0.238 e. The maximum absolute atomic E-state index is 12.6. The number of nitrogens with zero attached hydrogens (tertiary/aromatic N) is 1. The van der Waals surface area contributed by atoms with E-state index in [1.54, 1.807) is 11.8 Å². The molecule has 2 amide bonds. The third kappa shape index (κ3) is 5.45. The van der Waals surface area contributed by atoms with Crippen LogP contribution in [-0.4, -0.2) is 17.6 Å². The monoisotopic (exact) mass is 424 g/mol. The largest absolute Gasteiger partial charge is 0.326 e. The van der Waals surface area contributed by atoms with E-state index in [2.05, 4.69) is 38.2 Å². The summed E-state index contributed by atoms with van der Waals surface area (Å²) >= 11 is 1.63. The maximum Gasteiger partial charge on any atom is 0.238 e. The van der Waals surface area contributed by atoms with Crippen LogP contribution >= 0.6 is 11.8 Å². The number of carbonyl (C=O) groups is 2. The normalized spacial score (nSPS) is 17.3. The minimum Gasteiger partial charge on any atom is -0.326 e. The van der Waals surface area contributed by atoms with E-state index in [0.29, 0.717) is 12.2 Å². The molecule has 1 N–H and O–H groups in total. The van der Waals surface area contributed by atoms with Gasteiger partial charge >= 0.3 is 0 Å². The van der Waals surface area contributed by atoms with Gasteiger partial charge in [-0.2, -0.15) is 0 Å². The van der Waals surface area contributed by atoms with Crippen LogP contribution in [0.4, 0.5) is 11.4 Å². The van der Waals surface area contributed by atoms with Crippen LogP contribution in [0.25, 0.3) is 0 Å². The summed E-state index contributed by atoms with van der Waals surface area (Å²) in [7, 11) is 0. The first-order chi connectivity index (χ1) is 13.9. The highest BCUT2D eigenvalue weighted by atomic mass is 32.2. The molecule has 2 aromatic carbocycles. The van der Waals surface area contributed by atoms with Crippen LogP contribution in [0, 0.1) is 5.41 Å². The van der Waals surface area contributed by atoms with Crippen LogP contribution in [0.15, 0.2) is 48.5 Å². The molecule has 1 saturated heterocycles. The van der Waals surface area contributed by atoms with Crippen molar-refractivity contribution >= 4 is 35.0 Å². The molecule has 0 unspecified atom stereocenters. The molecule has 3 rings (SSSR count). The van der Waals surface area contributed by atoms with Gasteiger partial charge in [-0.05, 0) is 46.2 Å². The van der Waals surface area contributed by atoms with Crippen LogP contribution in [0.5, 0.6) is 0 Å². The number of thioether (sulfide) groups is 1. The first-order valence-corrected chi connectivity index (χ1v) is 11.4. The highest BCUT2D eigenvalue weighted by Crippen LogP contribution is 2.42. The average Bonchev–Trinajstić information content (AvgIpc) is 3.01. The Hall–Kier alpha value is -2.27. The summed E-state index contributed by atoms with van der Waals surface area (Å²) in [6, 6.07) is 16.1. The van der Waals surface area contributed by atoms with E-state index in [4.69, 9.17) is 0 Å². The van der Waals surface area contributed by atoms with Crippen molar-refractivity contribution in [3.8, 4) is 0 Å². The van der Waals surface area contributed by atoms with Crippen molar-refractivity contribution in [2.24, 2.45) is 5.41 Å². The van der Waals surface area contributed by atoms with Gasteiger partial charge in [-0.25, -0.2) is 0 Å². The van der Waals surface area contributed by atoms with Gasteiger partial charge < -0.3 is 5.32 Å². The van der Waals surface area contributed by atoms with Gasteiger partial charge in [0.05, 0.1) is 5.75 Å². The molecular formula is C25H32N2O2S. The fourth-order valence-corrected chi connectivity index (χ4v) is 4.67. The minimum absolute atomic E-state index is 0.0150. The van der Waals surface area contributed by atoms with E-state index in [1.807, 2.05) is 62.1 Å². The second-order valence-corrected chi connectivity index (χ2v) is 11.2. The highest BCUT2D eigenvalue weighted by Gasteiger charge is 2.34. The van der Waals surface area contributed by atoms with E-state index in [-0.39, 0.29) is 28.0 Å². The summed E-state index contributed by atoms with van der Waals surface area (Å²) in [6.45, 7) is 12.7. The maximum atomic E-state index is 12.6. The van der Waals surface area contributed by atoms with Crippen molar-refractivity contribution in [3.05, 3.63) is 59.7 Å². The van der Waals surface area contributed by atoms with Gasteiger partial charge in [0, 0.05) is 17.8 Å². The Morgan fingerprint density at radius 2 is 1.60 bits per heavy atom. The quantitative estimate of drug-likeness (QED) is 0.641. The molecule has 2 aromatic rings. The number of amides is 2. The molecule has 5 heteroatoms. The van der Waals surface area contributed by atoms with Crippen LogP contribution in [0.2, 0.25) is 0 Å². The molecule has 1 aliphatic heterocycles. The lowest BCUT2D eigenvalue weighted by molar-refractivity contribution is -0.118. The molecule has 160 valence electrons. The summed E-state index contributed by atoms with van der Waals surface area (Å²) in [4.78, 5) is 26.7. The summed E-state index contributed by atoms with van der Waals surface area (Å²) in [5.74, 6) is 0.604. The van der Waals surface area contributed by atoms with Crippen molar-refractivity contribution in [2.45, 2.75) is 58.8 Å². The molecule has 0 aromatic heterocycles. The lowest BCUT2D eigenvalue weighted by Crippen LogP contribution is -2.28. The fourth-order valence-electron chi connectivity index (χ4n) is 3.49. The standard InChI is InChI=1S/C25H32N2O2S/c1-24(2,3)15-21(28)26-19-11-7-17(8-12-19)23-27(22(29)16-30-23)20-13-9-18(10-14-20)25(4,5)6/h7-14,23H,15-16H2,1-6H3,(H,26,28)/t23-/m1/s1. The predicted molar refractivity (Wildman–Crippen MR) is 127 cm³/mol. The Balaban J connectivity index is 1.76. The fraction of sp³-hybridized carbons (Fsp3) is 0.440. The molecule has 0 bridgehead atoms. The summed E-state index contributed by atoms with van der Waals surface area (Å²) in [5, 5.41) is 2.90. The number of anilines is 2. The lowest BCUT2D eigenvalue weighted by Gasteiger charge is -2.26. The molecule has 0 saturated carbocycles. The van der Waals surface area contributed by atoms with Crippen LogP contribution in [0.1, 0.15) is 64.5 Å². The average molecular weight is 425 g/mol. The van der Waals surface area contributed by atoms with Crippen molar-refractivity contribution in [1.82, 2.24) is 0 Å². The molecular weight excluding hydrogens is 392 g/mol. The van der Waals surface area contributed by atoms with Gasteiger partial charge in [0.25, 0.3) is 0 Å². The number of hydrogen-bond donors (Lipinski definition) is 1. The second-order valence-electron chi connectivity index (χ2n) is 10.1. The molecule has 0 aliphatic carbocycles. The van der Waals surface area contributed by atoms with Crippen molar-refractivity contribution < 1.29 is 9.59 Å². The highest BCUT2D eigenvalue weighted by molar-refractivity contribution is 8.00. The number of hydrogen-bond acceptors (Lipinski definition) is 3. The van der Waals surface area contributed by atoms with Gasteiger partial charge in [-0.3, -0.25) is 14.5 Å². The Kier molecular flexibility index (Phi) is 6.32. The first kappa shape index (κ1) is 22.4. The summed E-state index contributed by atoms with van der Waals surface area (Å²) in [6.07, 6.45) is 0.472. The summed E-state index contributed by atoms with van der Waals surface area (Å²) in [5.41, 5.74) is 4.04. The lowest BCUT2D eigenvalue weighted by atomic mass is 9.87. The number of rotatable bonds is 4. The zero-order chi connectivity index (χ0) is 22.1. The third-order valence-electron chi connectivity index (χ3n) is 5.05. The van der Waals surface area contributed by atoms with E-state index < -0.39 is 0 Å². The van der Waals surface area contributed by atoms with Gasteiger partial charge in [-0.15, -0.1) is 11.8 Å². The van der Waals surface area contributed by atoms with Crippen LogP contribution in [-0.2, 0) is 15.0 Å². The van der Waals surface area contributed by atoms with Gasteiger partial charge in [0.15, 0.2) is 0 Å². The van der Waals surface area contributed by atoms with Crippen LogP contribution in [0.3, 0.4) is 0 Å². The SMILES string of the molecule is CC(C)(C)CC(=O)Nc1ccc([C@H]2SCC(=O)N2c2ccc(C(C)(C)C)cc2)cc1. The topological polar surface area (TPSA) is 49.4 Å². The van der Waals surface area contributed by atoms with E-state index in [0.717, 1.165) is 16.9 Å². The molecule has 1 heterocycles. The van der Waals surface area contributed by atoms with Crippen LogP contribution < -0.4 is 10.2 Å². The Labute approximate surface area is 184 Å². The summed E-state index contributed by atoms with van der Waals surface area (Å²) < 4.78 is 0. The molecule has 0 radical (unpaired) electrons. The Bertz CT molecular complexity index is 906. The van der Waals surface area contributed by atoms with E-state index >= 15 is 0 Å². The number of nitrogens with one attached hydrogen (secondary N) is 1. The van der Waals surface area contributed by atoms with Gasteiger partial charge in [0.1, 0.15) is 5.37 Å². The number of carbonyl (C=O) groups excluding carboxylic acids is 2. The molecule has 30 heavy (non-hydrogen) atoms. The molecule has 1 aliphatic rings. The first-order valence-electron chi connectivity index (χ1n) is 10.4. The molecule has 1 fully saturated rings. The van der Waals surface area contributed by atoms with Crippen molar-refractivity contribution in [2.75, 3.05) is 16.0 Å².